The maximum atomic E-state index is 13.9. The van der Waals surface area contributed by atoms with Crippen LogP contribution in [0.3, 0.4) is 0 Å². The lowest BCUT2D eigenvalue weighted by atomic mass is 9.85. The molecule has 2 aliphatic heterocycles. The molecule has 3 rings (SSSR count). The number of carbonyl (C=O) groups excluding carboxylic acids is 3. The summed E-state index contributed by atoms with van der Waals surface area (Å²) in [6.45, 7) is 10.3. The van der Waals surface area contributed by atoms with Gasteiger partial charge in [-0.1, -0.05) is 34.6 Å². The minimum absolute atomic E-state index is 0.149. The third-order valence-corrected chi connectivity index (χ3v) is 6.90. The Hall–Kier alpha value is -2.84. The zero-order valence-corrected chi connectivity index (χ0v) is 20.9. The van der Waals surface area contributed by atoms with Crippen molar-refractivity contribution in [2.45, 2.75) is 71.7 Å². The van der Waals surface area contributed by atoms with Crippen LogP contribution >= 0.6 is 0 Å². The Kier molecular flexibility index (Phi) is 7.73. The molecule has 2 saturated heterocycles. The lowest BCUT2D eigenvalue weighted by molar-refractivity contribution is -0.142. The van der Waals surface area contributed by atoms with E-state index >= 15 is 0 Å². The summed E-state index contributed by atoms with van der Waals surface area (Å²) in [5.74, 6) is -0.423. The molecule has 0 aromatic heterocycles. The second-order valence-corrected chi connectivity index (χ2v) is 10.3. The minimum atomic E-state index is -0.715. The van der Waals surface area contributed by atoms with Crippen LogP contribution in [0.1, 0.15) is 47.5 Å². The van der Waals surface area contributed by atoms with Gasteiger partial charge in [-0.05, 0) is 42.5 Å². The van der Waals surface area contributed by atoms with Gasteiger partial charge in [0.25, 0.3) is 0 Å². The molecule has 2 N–H and O–H groups in total. The number of halogens is 1. The maximum absolute atomic E-state index is 13.9. The van der Waals surface area contributed by atoms with Crippen molar-refractivity contribution in [3.05, 3.63) is 30.1 Å². The van der Waals surface area contributed by atoms with Crippen molar-refractivity contribution in [2.24, 2.45) is 11.3 Å². The van der Waals surface area contributed by atoms with E-state index in [1.54, 1.807) is 29.0 Å². The fourth-order valence-electron chi connectivity index (χ4n) is 4.74. The number of nitrogens with one attached hydrogen (secondary N) is 2. The number of ether oxygens (including phenoxy) is 1. The zero-order valence-electron chi connectivity index (χ0n) is 20.9. The van der Waals surface area contributed by atoms with Gasteiger partial charge in [-0.25, -0.2) is 9.18 Å². The van der Waals surface area contributed by atoms with Crippen molar-refractivity contribution in [1.82, 2.24) is 20.4 Å². The lowest BCUT2D eigenvalue weighted by Gasteiger charge is -2.37. The Morgan fingerprint density at radius 3 is 2.38 bits per heavy atom. The van der Waals surface area contributed by atoms with Crippen molar-refractivity contribution in [2.75, 3.05) is 20.1 Å². The van der Waals surface area contributed by atoms with Crippen LogP contribution in [0, 0.1) is 17.2 Å². The van der Waals surface area contributed by atoms with Crippen molar-refractivity contribution in [3.63, 3.8) is 0 Å². The summed E-state index contributed by atoms with van der Waals surface area (Å²) in [5, 5.41) is 5.64. The third-order valence-electron chi connectivity index (χ3n) is 6.90. The van der Waals surface area contributed by atoms with Gasteiger partial charge in [-0.3, -0.25) is 9.59 Å². The van der Waals surface area contributed by atoms with Crippen LogP contribution in [0.5, 0.6) is 5.75 Å². The standard InChI is InChI=1S/C25H37FN4O4/c1-7-15(2)22(31)28-21(25(3,4)5)23(32)29-13-12-18-20(29)19(14-30(18)24(33)27-6)34-17-10-8-16(26)9-11-17/h8-11,15,18-21H,7,12-14H2,1-6H3,(H,27,33)(H,28,31)/t15-,18-,19+,20+,21-/m1/s1. The number of hydrogen-bond acceptors (Lipinski definition) is 4. The topological polar surface area (TPSA) is 91.0 Å². The largest absolute Gasteiger partial charge is 0.486 e. The molecule has 1 aromatic rings. The highest BCUT2D eigenvalue weighted by Gasteiger charge is 2.54. The Labute approximate surface area is 201 Å². The van der Waals surface area contributed by atoms with E-state index in [1.165, 1.54) is 12.1 Å². The van der Waals surface area contributed by atoms with Crippen LogP contribution in [0.15, 0.2) is 24.3 Å². The molecule has 34 heavy (non-hydrogen) atoms. The van der Waals surface area contributed by atoms with E-state index < -0.39 is 17.6 Å². The van der Waals surface area contributed by atoms with Gasteiger partial charge in [0.15, 0.2) is 0 Å². The maximum Gasteiger partial charge on any atom is 0.317 e. The number of fused-ring (bicyclic) bond motifs is 1. The molecule has 4 amide bonds. The van der Waals surface area contributed by atoms with Crippen LogP contribution < -0.4 is 15.4 Å². The Morgan fingerprint density at radius 1 is 1.18 bits per heavy atom. The summed E-state index contributed by atoms with van der Waals surface area (Å²) in [6.07, 6.45) is 0.813. The molecule has 0 radical (unpaired) electrons. The predicted octanol–water partition coefficient (Wildman–Crippen LogP) is 2.77. The van der Waals surface area contributed by atoms with Gasteiger partial charge in [0.05, 0.1) is 18.6 Å². The molecule has 0 saturated carbocycles. The van der Waals surface area contributed by atoms with Gasteiger partial charge in [0.2, 0.25) is 11.8 Å². The SMILES string of the molecule is CC[C@@H](C)C(=O)N[C@H](C(=O)N1CC[C@@H]2[C@H]1[C@@H](Oc1ccc(F)cc1)CN2C(=O)NC)C(C)(C)C. The first-order chi connectivity index (χ1) is 16.0. The van der Waals surface area contributed by atoms with Crippen molar-refractivity contribution in [3.8, 4) is 5.75 Å². The van der Waals surface area contributed by atoms with Crippen LogP contribution in [0.2, 0.25) is 0 Å². The third kappa shape index (κ3) is 5.28. The second-order valence-electron chi connectivity index (χ2n) is 10.3. The summed E-state index contributed by atoms with van der Waals surface area (Å²) < 4.78 is 19.6. The van der Waals surface area contributed by atoms with Crippen LogP contribution in [0.25, 0.3) is 0 Å². The lowest BCUT2D eigenvalue weighted by Crippen LogP contribution is -2.58. The van der Waals surface area contributed by atoms with Crippen molar-refractivity contribution < 1.29 is 23.5 Å². The molecule has 0 spiro atoms. The number of amides is 4. The fourth-order valence-corrected chi connectivity index (χ4v) is 4.74. The summed E-state index contributed by atoms with van der Waals surface area (Å²) in [7, 11) is 1.57. The molecule has 5 atom stereocenters. The molecular weight excluding hydrogens is 439 g/mol. The fraction of sp³-hybridized carbons (Fsp3) is 0.640. The summed E-state index contributed by atoms with van der Waals surface area (Å²) >= 11 is 0. The van der Waals surface area contributed by atoms with E-state index in [-0.39, 0.29) is 41.7 Å². The number of nitrogens with zero attached hydrogens (tertiary/aromatic N) is 2. The van der Waals surface area contributed by atoms with Crippen molar-refractivity contribution >= 4 is 17.8 Å². The van der Waals surface area contributed by atoms with E-state index in [9.17, 15) is 18.8 Å². The Morgan fingerprint density at radius 2 is 1.82 bits per heavy atom. The number of likely N-dealkylation sites (tertiary alicyclic amines) is 2. The molecule has 9 heteroatoms. The molecule has 2 aliphatic rings. The quantitative estimate of drug-likeness (QED) is 0.661. The van der Waals surface area contributed by atoms with Gasteiger partial charge >= 0.3 is 6.03 Å². The molecule has 2 fully saturated rings. The van der Waals surface area contributed by atoms with Crippen LogP contribution in [-0.2, 0) is 9.59 Å². The minimum Gasteiger partial charge on any atom is -0.486 e. The number of hydrogen-bond donors (Lipinski definition) is 2. The highest BCUT2D eigenvalue weighted by Crippen LogP contribution is 2.36. The molecule has 0 aliphatic carbocycles. The number of carbonyl (C=O) groups is 3. The van der Waals surface area contributed by atoms with Gasteiger partial charge in [-0.2, -0.15) is 0 Å². The summed E-state index contributed by atoms with van der Waals surface area (Å²) in [5.41, 5.74) is -0.509. The van der Waals surface area contributed by atoms with Crippen LogP contribution in [-0.4, -0.2) is 72.0 Å². The Balaban J connectivity index is 1.89. The summed E-state index contributed by atoms with van der Waals surface area (Å²) in [6, 6.07) is 4.18. The number of benzene rings is 1. The average molecular weight is 477 g/mol. The average Bonchev–Trinajstić information content (AvgIpc) is 3.38. The molecule has 0 unspecified atom stereocenters. The first-order valence-corrected chi connectivity index (χ1v) is 12.0. The van der Waals surface area contributed by atoms with Gasteiger partial charge in [0.1, 0.15) is 23.7 Å². The van der Waals surface area contributed by atoms with Crippen molar-refractivity contribution in [1.29, 1.82) is 0 Å². The number of rotatable bonds is 6. The molecule has 1 aromatic carbocycles. The van der Waals surface area contributed by atoms with E-state index in [4.69, 9.17) is 4.74 Å². The van der Waals surface area contributed by atoms with E-state index in [0.29, 0.717) is 31.7 Å². The van der Waals surface area contributed by atoms with E-state index in [0.717, 1.165) is 0 Å². The molecule has 8 nitrogen and oxygen atoms in total. The normalized spacial score (nSPS) is 23.8. The van der Waals surface area contributed by atoms with E-state index in [1.807, 2.05) is 34.6 Å². The van der Waals surface area contributed by atoms with Crippen LogP contribution in [0.4, 0.5) is 9.18 Å². The highest BCUT2D eigenvalue weighted by atomic mass is 19.1. The number of urea groups is 1. The predicted molar refractivity (Wildman–Crippen MR) is 127 cm³/mol. The molecule has 2 heterocycles. The first-order valence-electron chi connectivity index (χ1n) is 12.0. The highest BCUT2D eigenvalue weighted by molar-refractivity contribution is 5.89. The molecular formula is C25H37FN4O4. The summed E-state index contributed by atoms with van der Waals surface area (Å²) in [4.78, 5) is 42.6. The van der Waals surface area contributed by atoms with E-state index in [2.05, 4.69) is 10.6 Å². The molecule has 188 valence electrons. The zero-order chi connectivity index (χ0) is 25.2. The molecule has 0 bridgehead atoms. The monoisotopic (exact) mass is 476 g/mol. The second kappa shape index (κ2) is 10.2. The first kappa shape index (κ1) is 25.8. The van der Waals surface area contributed by atoms with Gasteiger partial charge in [0, 0.05) is 19.5 Å². The Bertz CT molecular complexity index is 901. The van der Waals surface area contributed by atoms with Gasteiger partial charge < -0.3 is 25.2 Å². The van der Waals surface area contributed by atoms with Gasteiger partial charge in [-0.15, -0.1) is 0 Å². The smallest absolute Gasteiger partial charge is 0.317 e.